The first-order chi connectivity index (χ1) is 9.60. The van der Waals surface area contributed by atoms with Crippen LogP contribution in [0, 0.1) is 11.7 Å². The van der Waals surface area contributed by atoms with E-state index in [1.807, 2.05) is 0 Å². The predicted molar refractivity (Wildman–Crippen MR) is 73.9 cm³/mol. The van der Waals surface area contributed by atoms with E-state index in [-0.39, 0.29) is 11.7 Å². The van der Waals surface area contributed by atoms with Crippen LogP contribution in [-0.4, -0.2) is 19.2 Å². The van der Waals surface area contributed by atoms with Gasteiger partial charge in [0, 0.05) is 0 Å². The van der Waals surface area contributed by atoms with E-state index in [1.165, 1.54) is 32.1 Å². The van der Waals surface area contributed by atoms with Crippen molar-refractivity contribution in [2.45, 2.75) is 45.3 Å². The molecule has 0 heterocycles. The summed E-state index contributed by atoms with van der Waals surface area (Å²) in [5.74, 6) is -0.432. The second-order valence-corrected chi connectivity index (χ2v) is 5.50. The van der Waals surface area contributed by atoms with Gasteiger partial charge < -0.3 is 9.47 Å². The van der Waals surface area contributed by atoms with Crippen molar-refractivity contribution in [3.63, 3.8) is 0 Å². The lowest BCUT2D eigenvalue weighted by molar-refractivity contribution is 0.00865. The van der Waals surface area contributed by atoms with Gasteiger partial charge in [0.25, 0.3) is 0 Å². The van der Waals surface area contributed by atoms with Crippen molar-refractivity contribution in [3.05, 3.63) is 35.1 Å². The molecule has 1 aliphatic rings. The molecule has 0 saturated heterocycles. The molecule has 0 unspecified atom stereocenters. The molecule has 1 aromatic carbocycles. The molecule has 3 nitrogen and oxygen atoms in total. The van der Waals surface area contributed by atoms with Crippen molar-refractivity contribution in [2.75, 3.05) is 7.11 Å². The van der Waals surface area contributed by atoms with Crippen molar-refractivity contribution in [1.82, 2.24) is 0 Å². The fraction of sp³-hybridized carbons (Fsp3) is 0.562. The molecule has 0 aliphatic heterocycles. The van der Waals surface area contributed by atoms with Crippen LogP contribution in [0.15, 0.2) is 18.2 Å². The zero-order valence-electron chi connectivity index (χ0n) is 12.0. The minimum absolute atomic E-state index is 0.0391. The minimum Gasteiger partial charge on any atom is -0.465 e. The number of methoxy groups -OCH3 is 1. The van der Waals surface area contributed by atoms with Gasteiger partial charge in [0.05, 0.1) is 25.4 Å². The third-order valence-corrected chi connectivity index (χ3v) is 3.89. The average molecular weight is 280 g/mol. The fourth-order valence-electron chi connectivity index (χ4n) is 2.53. The highest BCUT2D eigenvalue weighted by Gasteiger charge is 2.19. The van der Waals surface area contributed by atoms with E-state index in [9.17, 15) is 9.18 Å². The molecule has 0 atom stereocenters. The lowest BCUT2D eigenvalue weighted by Crippen LogP contribution is -2.20. The molecule has 0 bridgehead atoms. The predicted octanol–water partition coefficient (Wildman–Crippen LogP) is 3.71. The molecule has 0 spiro atoms. The van der Waals surface area contributed by atoms with Gasteiger partial charge >= 0.3 is 5.97 Å². The molecule has 0 amide bonds. The molecule has 1 saturated carbocycles. The van der Waals surface area contributed by atoms with Gasteiger partial charge in [0.2, 0.25) is 0 Å². The summed E-state index contributed by atoms with van der Waals surface area (Å²) in [4.78, 5) is 11.3. The Kier molecular flexibility index (Phi) is 5.12. The number of hydrogen-bond acceptors (Lipinski definition) is 3. The van der Waals surface area contributed by atoms with E-state index in [0.717, 1.165) is 24.3 Å². The van der Waals surface area contributed by atoms with Crippen LogP contribution >= 0.6 is 0 Å². The van der Waals surface area contributed by atoms with Gasteiger partial charge in [0.15, 0.2) is 0 Å². The van der Waals surface area contributed by atoms with E-state index in [2.05, 4.69) is 11.7 Å². The molecule has 1 aromatic rings. The largest absolute Gasteiger partial charge is 0.465 e. The van der Waals surface area contributed by atoms with E-state index in [0.29, 0.717) is 6.61 Å². The first kappa shape index (κ1) is 15.0. The quantitative estimate of drug-likeness (QED) is 0.789. The molecule has 0 radical (unpaired) electrons. The zero-order chi connectivity index (χ0) is 14.5. The van der Waals surface area contributed by atoms with Crippen LogP contribution in [-0.2, 0) is 16.1 Å². The van der Waals surface area contributed by atoms with Crippen LogP contribution in [0.5, 0.6) is 0 Å². The Bertz CT molecular complexity index is 465. The molecule has 0 aromatic heterocycles. The van der Waals surface area contributed by atoms with Crippen LogP contribution in [0.4, 0.5) is 4.39 Å². The van der Waals surface area contributed by atoms with Crippen molar-refractivity contribution in [1.29, 1.82) is 0 Å². The van der Waals surface area contributed by atoms with Gasteiger partial charge in [0.1, 0.15) is 5.82 Å². The Hall–Kier alpha value is -1.42. The van der Waals surface area contributed by atoms with E-state index in [4.69, 9.17) is 4.74 Å². The van der Waals surface area contributed by atoms with Crippen LogP contribution < -0.4 is 0 Å². The first-order valence-electron chi connectivity index (χ1n) is 7.08. The Morgan fingerprint density at radius 3 is 2.60 bits per heavy atom. The Balaban J connectivity index is 1.90. The molecule has 110 valence electrons. The molecular weight excluding hydrogens is 259 g/mol. The number of carbonyl (C=O) groups is 1. The van der Waals surface area contributed by atoms with Gasteiger partial charge in [-0.2, -0.15) is 0 Å². The second-order valence-electron chi connectivity index (χ2n) is 5.50. The Labute approximate surface area is 119 Å². The fourth-order valence-corrected chi connectivity index (χ4v) is 2.53. The highest BCUT2D eigenvalue weighted by molar-refractivity contribution is 5.89. The Morgan fingerprint density at radius 2 is 2.00 bits per heavy atom. The molecule has 4 heteroatoms. The average Bonchev–Trinajstić information content (AvgIpc) is 2.46. The second kappa shape index (κ2) is 6.84. The number of esters is 1. The van der Waals surface area contributed by atoms with Gasteiger partial charge in [-0.3, -0.25) is 0 Å². The van der Waals surface area contributed by atoms with Crippen LogP contribution in [0.1, 0.15) is 48.5 Å². The number of rotatable bonds is 4. The molecule has 2 rings (SSSR count). The molecule has 1 fully saturated rings. The lowest BCUT2D eigenvalue weighted by Gasteiger charge is -2.26. The highest BCUT2D eigenvalue weighted by atomic mass is 19.1. The lowest BCUT2D eigenvalue weighted by atomic mass is 9.89. The molecule has 20 heavy (non-hydrogen) atoms. The maximum atomic E-state index is 13.7. The third kappa shape index (κ3) is 3.79. The third-order valence-electron chi connectivity index (χ3n) is 3.89. The summed E-state index contributed by atoms with van der Waals surface area (Å²) in [6.07, 6.45) is 4.81. The standard InChI is InChI=1S/C16H21FO3/c1-11-3-6-13(7-4-11)20-10-12-5-8-14(15(17)9-12)16(18)19-2/h5,8-9,11,13H,3-4,6-7,10H2,1-2H3. The topological polar surface area (TPSA) is 35.5 Å². The molecule has 0 N–H and O–H groups in total. The van der Waals surface area contributed by atoms with E-state index < -0.39 is 11.8 Å². The first-order valence-corrected chi connectivity index (χ1v) is 7.08. The number of ether oxygens (including phenoxy) is 2. The normalized spacial score (nSPS) is 22.6. The maximum Gasteiger partial charge on any atom is 0.340 e. The Morgan fingerprint density at radius 1 is 1.30 bits per heavy atom. The number of hydrogen-bond donors (Lipinski definition) is 0. The summed E-state index contributed by atoms with van der Waals surface area (Å²) in [5.41, 5.74) is 0.705. The summed E-state index contributed by atoms with van der Waals surface area (Å²) in [6, 6.07) is 4.50. The van der Waals surface area contributed by atoms with Crippen molar-refractivity contribution >= 4 is 5.97 Å². The SMILES string of the molecule is COC(=O)c1ccc(COC2CCC(C)CC2)cc1F. The van der Waals surface area contributed by atoms with Crippen molar-refractivity contribution < 1.29 is 18.7 Å². The van der Waals surface area contributed by atoms with Crippen LogP contribution in [0.25, 0.3) is 0 Å². The molecule has 1 aliphatic carbocycles. The van der Waals surface area contributed by atoms with Gasteiger partial charge in [-0.1, -0.05) is 13.0 Å². The molecular formula is C16H21FO3. The van der Waals surface area contributed by atoms with E-state index in [1.54, 1.807) is 6.07 Å². The van der Waals surface area contributed by atoms with Gasteiger partial charge in [-0.15, -0.1) is 0 Å². The van der Waals surface area contributed by atoms with Crippen molar-refractivity contribution in [2.24, 2.45) is 5.92 Å². The van der Waals surface area contributed by atoms with Crippen LogP contribution in [0.2, 0.25) is 0 Å². The van der Waals surface area contributed by atoms with Crippen molar-refractivity contribution in [3.8, 4) is 0 Å². The van der Waals surface area contributed by atoms with Crippen LogP contribution in [0.3, 0.4) is 0 Å². The maximum absolute atomic E-state index is 13.7. The summed E-state index contributed by atoms with van der Waals surface area (Å²) in [5, 5.41) is 0. The summed E-state index contributed by atoms with van der Waals surface area (Å²) >= 11 is 0. The minimum atomic E-state index is -0.656. The number of benzene rings is 1. The summed E-state index contributed by atoms with van der Waals surface area (Å²) < 4.78 is 24.1. The van der Waals surface area contributed by atoms with Gasteiger partial charge in [-0.25, -0.2) is 9.18 Å². The smallest absolute Gasteiger partial charge is 0.340 e. The number of carbonyl (C=O) groups excluding carboxylic acids is 1. The zero-order valence-corrected chi connectivity index (χ0v) is 12.0. The monoisotopic (exact) mass is 280 g/mol. The van der Waals surface area contributed by atoms with E-state index >= 15 is 0 Å². The number of halogens is 1. The summed E-state index contributed by atoms with van der Waals surface area (Å²) in [7, 11) is 1.24. The highest BCUT2D eigenvalue weighted by Crippen LogP contribution is 2.26. The van der Waals surface area contributed by atoms with Gasteiger partial charge in [-0.05, 0) is 49.3 Å². The summed E-state index contributed by atoms with van der Waals surface area (Å²) in [6.45, 7) is 2.65.